The fourth-order valence-electron chi connectivity index (χ4n) is 2.31. The van der Waals surface area contributed by atoms with Crippen LogP contribution in [0.5, 0.6) is 0 Å². The predicted molar refractivity (Wildman–Crippen MR) is 81.8 cm³/mol. The summed E-state index contributed by atoms with van der Waals surface area (Å²) in [6.45, 7) is 4.13. The monoisotopic (exact) mass is 336 g/mol. The molecule has 0 bridgehead atoms. The minimum absolute atomic E-state index is 0.0853. The number of hydrogen-bond acceptors (Lipinski definition) is 2. The van der Waals surface area contributed by atoms with Crippen LogP contribution in [0.2, 0.25) is 0 Å². The highest BCUT2D eigenvalue weighted by Gasteiger charge is 2.17. The van der Waals surface area contributed by atoms with Crippen molar-refractivity contribution in [3.8, 4) is 11.3 Å². The maximum absolute atomic E-state index is 10.7. The van der Waals surface area contributed by atoms with E-state index >= 15 is 0 Å². The number of rotatable bonds is 4. The number of nitrogens with zero attached hydrogens (tertiary/aromatic N) is 2. The summed E-state index contributed by atoms with van der Waals surface area (Å²) in [6.07, 6.45) is 0.511. The number of benzene rings is 1. The lowest BCUT2D eigenvalue weighted by Gasteiger charge is -2.08. The van der Waals surface area contributed by atoms with Gasteiger partial charge in [0.05, 0.1) is 22.3 Å². The maximum atomic E-state index is 10.7. The van der Waals surface area contributed by atoms with Crippen molar-refractivity contribution in [3.63, 3.8) is 0 Å². The highest BCUT2D eigenvalue weighted by Crippen LogP contribution is 2.33. The van der Waals surface area contributed by atoms with Crippen molar-refractivity contribution < 1.29 is 9.90 Å². The van der Waals surface area contributed by atoms with Crippen molar-refractivity contribution in [3.05, 3.63) is 39.5 Å². The summed E-state index contributed by atoms with van der Waals surface area (Å²) in [6, 6.07) is 6.28. The first-order valence-corrected chi connectivity index (χ1v) is 7.20. The largest absolute Gasteiger partial charge is 0.481 e. The van der Waals surface area contributed by atoms with Gasteiger partial charge in [0.15, 0.2) is 0 Å². The molecule has 0 amide bonds. The molecule has 0 aliphatic carbocycles. The van der Waals surface area contributed by atoms with Gasteiger partial charge < -0.3 is 5.11 Å². The van der Waals surface area contributed by atoms with Crippen LogP contribution >= 0.6 is 15.9 Å². The molecule has 2 aromatic rings. The third-order valence-electron chi connectivity index (χ3n) is 3.27. The van der Waals surface area contributed by atoms with E-state index in [9.17, 15) is 4.79 Å². The molecule has 0 unspecified atom stereocenters. The highest BCUT2D eigenvalue weighted by molar-refractivity contribution is 9.10. The summed E-state index contributed by atoms with van der Waals surface area (Å²) in [5.41, 5.74) is 5.28. The van der Waals surface area contributed by atoms with Crippen molar-refractivity contribution in [2.24, 2.45) is 7.05 Å². The van der Waals surface area contributed by atoms with Crippen LogP contribution in [0.3, 0.4) is 0 Å². The lowest BCUT2D eigenvalue weighted by atomic mass is 10.0. The number of carboxylic acids is 1. The summed E-state index contributed by atoms with van der Waals surface area (Å²) < 4.78 is 2.69. The topological polar surface area (TPSA) is 55.1 Å². The molecule has 0 atom stereocenters. The Kier molecular flexibility index (Phi) is 4.28. The van der Waals surface area contributed by atoms with Gasteiger partial charge in [0.25, 0.3) is 0 Å². The average molecular weight is 337 g/mol. The van der Waals surface area contributed by atoms with Crippen LogP contribution in [0.1, 0.15) is 23.2 Å². The molecule has 0 saturated heterocycles. The van der Waals surface area contributed by atoms with Crippen LogP contribution in [0, 0.1) is 13.8 Å². The van der Waals surface area contributed by atoms with Gasteiger partial charge in [-0.15, -0.1) is 0 Å². The first kappa shape index (κ1) is 14.8. The van der Waals surface area contributed by atoms with Crippen LogP contribution in [-0.4, -0.2) is 20.9 Å². The van der Waals surface area contributed by atoms with E-state index in [0.717, 1.165) is 21.4 Å². The fraction of sp³-hybridized carbons (Fsp3) is 0.333. The number of aliphatic carboxylic acids is 1. The molecule has 4 nitrogen and oxygen atoms in total. The Bertz CT molecular complexity index is 662. The number of hydrogen-bond donors (Lipinski definition) is 1. The Morgan fingerprint density at radius 1 is 1.40 bits per heavy atom. The third-order valence-corrected chi connectivity index (χ3v) is 4.10. The maximum Gasteiger partial charge on any atom is 0.303 e. The zero-order valence-corrected chi connectivity index (χ0v) is 13.4. The Labute approximate surface area is 126 Å². The average Bonchev–Trinajstić information content (AvgIpc) is 2.63. The molecular weight excluding hydrogens is 320 g/mol. The second-order valence-corrected chi connectivity index (χ2v) is 5.74. The van der Waals surface area contributed by atoms with E-state index in [1.807, 2.05) is 7.05 Å². The van der Waals surface area contributed by atoms with E-state index in [1.165, 1.54) is 11.1 Å². The second-order valence-electron chi connectivity index (χ2n) is 4.95. The smallest absolute Gasteiger partial charge is 0.303 e. The van der Waals surface area contributed by atoms with E-state index in [4.69, 9.17) is 5.11 Å². The van der Waals surface area contributed by atoms with Gasteiger partial charge in [0.1, 0.15) is 0 Å². The molecule has 1 aromatic heterocycles. The van der Waals surface area contributed by atoms with Crippen molar-refractivity contribution >= 4 is 21.9 Å². The van der Waals surface area contributed by atoms with Crippen molar-refractivity contribution in [2.45, 2.75) is 26.7 Å². The summed E-state index contributed by atoms with van der Waals surface area (Å²) in [5, 5.41) is 13.2. The number of carboxylic acid groups (broad SMARTS) is 1. The zero-order chi connectivity index (χ0) is 14.9. The molecule has 1 aromatic carbocycles. The van der Waals surface area contributed by atoms with E-state index in [0.29, 0.717) is 6.42 Å². The van der Waals surface area contributed by atoms with Gasteiger partial charge in [-0.05, 0) is 35.3 Å². The van der Waals surface area contributed by atoms with Gasteiger partial charge in [-0.1, -0.05) is 23.8 Å². The van der Waals surface area contributed by atoms with E-state index in [2.05, 4.69) is 53.1 Å². The van der Waals surface area contributed by atoms with Gasteiger partial charge in [-0.2, -0.15) is 5.10 Å². The molecule has 5 heteroatoms. The van der Waals surface area contributed by atoms with E-state index < -0.39 is 5.97 Å². The number of halogens is 1. The van der Waals surface area contributed by atoms with Crippen LogP contribution < -0.4 is 0 Å². The molecule has 0 fully saturated rings. The Morgan fingerprint density at radius 2 is 2.10 bits per heavy atom. The molecule has 0 spiro atoms. The lowest BCUT2D eigenvalue weighted by molar-refractivity contribution is -0.136. The highest BCUT2D eigenvalue weighted by atomic mass is 79.9. The van der Waals surface area contributed by atoms with Crippen LogP contribution in [0.25, 0.3) is 11.3 Å². The van der Waals surface area contributed by atoms with E-state index in [1.54, 1.807) is 4.68 Å². The SMILES string of the molecule is Cc1ccc(-c2c(Br)c(CCC(=O)O)nn2C)c(C)c1. The summed E-state index contributed by atoms with van der Waals surface area (Å²) in [4.78, 5) is 10.7. The van der Waals surface area contributed by atoms with Gasteiger partial charge in [0.2, 0.25) is 0 Å². The van der Waals surface area contributed by atoms with Crippen molar-refractivity contribution in [1.29, 1.82) is 0 Å². The molecule has 20 heavy (non-hydrogen) atoms. The summed E-state index contributed by atoms with van der Waals surface area (Å²) in [5.74, 6) is -0.810. The molecule has 2 rings (SSSR count). The Balaban J connectivity index is 2.44. The lowest BCUT2D eigenvalue weighted by Crippen LogP contribution is -1.99. The van der Waals surface area contributed by atoms with Gasteiger partial charge >= 0.3 is 5.97 Å². The van der Waals surface area contributed by atoms with Gasteiger partial charge in [0, 0.05) is 19.0 Å². The first-order chi connectivity index (χ1) is 9.40. The minimum atomic E-state index is -0.810. The second kappa shape index (κ2) is 5.79. The van der Waals surface area contributed by atoms with Crippen molar-refractivity contribution in [1.82, 2.24) is 9.78 Å². The fourth-order valence-corrected chi connectivity index (χ4v) is 3.06. The normalized spacial score (nSPS) is 10.8. The molecule has 0 saturated carbocycles. The Hall–Kier alpha value is -1.62. The zero-order valence-electron chi connectivity index (χ0n) is 11.8. The van der Waals surface area contributed by atoms with Crippen LogP contribution in [0.4, 0.5) is 0 Å². The van der Waals surface area contributed by atoms with Crippen molar-refractivity contribution in [2.75, 3.05) is 0 Å². The first-order valence-electron chi connectivity index (χ1n) is 6.41. The number of aromatic nitrogens is 2. The molecule has 0 aliphatic heterocycles. The number of carbonyl (C=O) groups is 1. The van der Waals surface area contributed by atoms with Crippen LogP contribution in [-0.2, 0) is 18.3 Å². The predicted octanol–water partition coefficient (Wildman–Crippen LogP) is 3.48. The molecule has 0 radical (unpaired) electrons. The van der Waals surface area contributed by atoms with Gasteiger partial charge in [-0.3, -0.25) is 9.48 Å². The quantitative estimate of drug-likeness (QED) is 0.929. The molecule has 0 aliphatic rings. The Morgan fingerprint density at radius 3 is 2.70 bits per heavy atom. The molecular formula is C15H17BrN2O2. The number of aryl methyl sites for hydroxylation is 4. The summed E-state index contributed by atoms with van der Waals surface area (Å²) >= 11 is 3.57. The third kappa shape index (κ3) is 2.93. The molecule has 1 heterocycles. The molecule has 106 valence electrons. The standard InChI is InChI=1S/C15H17BrN2O2/c1-9-4-5-11(10(2)8-9)15-14(16)12(17-18(15)3)6-7-13(19)20/h4-5,8H,6-7H2,1-3H3,(H,19,20). The van der Waals surface area contributed by atoms with E-state index in [-0.39, 0.29) is 6.42 Å². The minimum Gasteiger partial charge on any atom is -0.481 e. The van der Waals surface area contributed by atoms with Gasteiger partial charge in [-0.25, -0.2) is 0 Å². The molecule has 1 N–H and O–H groups in total. The van der Waals surface area contributed by atoms with Crippen LogP contribution in [0.15, 0.2) is 22.7 Å². The summed E-state index contributed by atoms with van der Waals surface area (Å²) in [7, 11) is 1.88.